The number of phenolic OH excluding ortho intramolecular Hbond substituents is 1. The Balaban J connectivity index is 2.78. The van der Waals surface area contributed by atoms with Crippen LogP contribution in [0, 0.1) is 0 Å². The van der Waals surface area contributed by atoms with Crippen LogP contribution in [-0.2, 0) is 0 Å². The second kappa shape index (κ2) is 4.57. The molecule has 0 aliphatic carbocycles. The maximum atomic E-state index is 9.06. The van der Waals surface area contributed by atoms with Crippen molar-refractivity contribution in [1.82, 2.24) is 5.43 Å². The maximum absolute atomic E-state index is 9.06. The van der Waals surface area contributed by atoms with Gasteiger partial charge in [0.05, 0.1) is 5.71 Å². The number of nitrogens with zero attached hydrogens (tertiary/aromatic N) is 1. The number of hydrazone groups is 1. The van der Waals surface area contributed by atoms with Crippen molar-refractivity contribution in [1.29, 1.82) is 0 Å². The molecule has 0 aliphatic heterocycles. The van der Waals surface area contributed by atoms with Gasteiger partial charge >= 0.3 is 0 Å². The predicted molar refractivity (Wildman–Crippen MR) is 60.2 cm³/mol. The molecule has 0 saturated heterocycles. The van der Waals surface area contributed by atoms with Crippen molar-refractivity contribution >= 4 is 23.0 Å². The van der Waals surface area contributed by atoms with E-state index in [4.69, 9.17) is 10.8 Å². The van der Waals surface area contributed by atoms with Crippen LogP contribution in [0.15, 0.2) is 29.4 Å². The van der Waals surface area contributed by atoms with Crippen molar-refractivity contribution < 1.29 is 5.11 Å². The highest BCUT2D eigenvalue weighted by Gasteiger charge is 1.96. The van der Waals surface area contributed by atoms with Crippen molar-refractivity contribution in [3.8, 4) is 5.75 Å². The van der Waals surface area contributed by atoms with Gasteiger partial charge in [0.2, 0.25) is 0 Å². The minimum absolute atomic E-state index is 0.128. The molecule has 0 heterocycles. The van der Waals surface area contributed by atoms with Gasteiger partial charge in [0, 0.05) is 0 Å². The molecule has 0 bridgehead atoms. The number of benzene rings is 1. The van der Waals surface area contributed by atoms with E-state index in [9.17, 15) is 0 Å². The standard InChI is InChI=1S/C9H11N3OS/c1-6(11-12-9(10)14)7-2-4-8(13)5-3-7/h2-5,13H,1H3,(H3,10,12,14)/b11-6+. The molecule has 1 rings (SSSR count). The SMILES string of the molecule is C/C(=N\NC(N)=S)c1ccc(O)cc1. The van der Waals surface area contributed by atoms with Crippen molar-refractivity contribution in [2.24, 2.45) is 10.8 Å². The normalized spacial score (nSPS) is 11.1. The number of nitrogens with one attached hydrogen (secondary N) is 1. The molecule has 1 aromatic rings. The van der Waals surface area contributed by atoms with Gasteiger partial charge in [-0.15, -0.1) is 0 Å². The van der Waals surface area contributed by atoms with Gasteiger partial charge in [-0.3, -0.25) is 5.43 Å². The summed E-state index contributed by atoms with van der Waals surface area (Å²) in [6, 6.07) is 6.70. The Hall–Kier alpha value is -1.62. The Morgan fingerprint density at radius 2 is 2.00 bits per heavy atom. The topological polar surface area (TPSA) is 70.6 Å². The van der Waals surface area contributed by atoms with Crippen LogP contribution in [0.2, 0.25) is 0 Å². The van der Waals surface area contributed by atoms with Crippen LogP contribution in [-0.4, -0.2) is 15.9 Å². The molecular weight excluding hydrogens is 198 g/mol. The van der Waals surface area contributed by atoms with Gasteiger partial charge < -0.3 is 10.8 Å². The molecule has 0 fully saturated rings. The Morgan fingerprint density at radius 3 is 2.50 bits per heavy atom. The molecule has 14 heavy (non-hydrogen) atoms. The van der Waals surface area contributed by atoms with Crippen molar-refractivity contribution in [3.63, 3.8) is 0 Å². The fourth-order valence-electron chi connectivity index (χ4n) is 0.906. The first kappa shape index (κ1) is 10.5. The third kappa shape index (κ3) is 3.02. The number of hydrogen-bond acceptors (Lipinski definition) is 3. The predicted octanol–water partition coefficient (Wildman–Crippen LogP) is 0.949. The summed E-state index contributed by atoms with van der Waals surface area (Å²) in [5.41, 5.74) is 9.35. The van der Waals surface area contributed by atoms with E-state index in [-0.39, 0.29) is 10.9 Å². The number of hydrogen-bond donors (Lipinski definition) is 3. The Kier molecular flexibility index (Phi) is 3.41. The van der Waals surface area contributed by atoms with Crippen LogP contribution < -0.4 is 11.2 Å². The molecule has 0 atom stereocenters. The summed E-state index contributed by atoms with van der Waals surface area (Å²) < 4.78 is 0. The van der Waals surface area contributed by atoms with E-state index in [1.54, 1.807) is 24.3 Å². The zero-order valence-corrected chi connectivity index (χ0v) is 8.51. The zero-order chi connectivity index (χ0) is 10.6. The van der Waals surface area contributed by atoms with E-state index in [0.717, 1.165) is 11.3 Å². The molecule has 4 nitrogen and oxygen atoms in total. The third-order valence-corrected chi connectivity index (χ3v) is 1.71. The maximum Gasteiger partial charge on any atom is 0.184 e. The van der Waals surface area contributed by atoms with Gasteiger partial charge in [-0.2, -0.15) is 5.10 Å². The first-order chi connectivity index (χ1) is 6.59. The monoisotopic (exact) mass is 209 g/mol. The first-order valence-electron chi connectivity index (χ1n) is 3.98. The molecule has 5 heteroatoms. The minimum Gasteiger partial charge on any atom is -0.508 e. The molecule has 1 aromatic carbocycles. The summed E-state index contributed by atoms with van der Waals surface area (Å²) in [6.07, 6.45) is 0. The molecule has 0 saturated carbocycles. The fourth-order valence-corrected chi connectivity index (χ4v) is 0.952. The number of thiocarbonyl (C=S) groups is 1. The number of phenols is 1. The van der Waals surface area contributed by atoms with Crippen LogP contribution in [0.1, 0.15) is 12.5 Å². The van der Waals surface area contributed by atoms with E-state index >= 15 is 0 Å². The zero-order valence-electron chi connectivity index (χ0n) is 7.69. The van der Waals surface area contributed by atoms with Gasteiger partial charge in [-0.05, 0) is 49.0 Å². The van der Waals surface area contributed by atoms with Crippen molar-refractivity contribution in [3.05, 3.63) is 29.8 Å². The average Bonchev–Trinajstić information content (AvgIpc) is 2.15. The summed E-state index contributed by atoms with van der Waals surface area (Å²) in [5.74, 6) is 0.226. The molecule has 0 unspecified atom stereocenters. The van der Waals surface area contributed by atoms with Gasteiger partial charge in [0.25, 0.3) is 0 Å². The highest BCUT2D eigenvalue weighted by Crippen LogP contribution is 2.09. The highest BCUT2D eigenvalue weighted by atomic mass is 32.1. The van der Waals surface area contributed by atoms with Crippen molar-refractivity contribution in [2.75, 3.05) is 0 Å². The van der Waals surface area contributed by atoms with E-state index in [1.165, 1.54) is 0 Å². The molecule has 74 valence electrons. The smallest absolute Gasteiger partial charge is 0.184 e. The minimum atomic E-state index is 0.128. The summed E-state index contributed by atoms with van der Waals surface area (Å²) in [7, 11) is 0. The number of nitrogens with two attached hydrogens (primary N) is 1. The quantitative estimate of drug-likeness (QED) is 0.385. The first-order valence-corrected chi connectivity index (χ1v) is 4.39. The molecule has 0 aliphatic rings. The molecule has 0 amide bonds. The summed E-state index contributed by atoms with van der Waals surface area (Å²) in [6.45, 7) is 1.82. The van der Waals surface area contributed by atoms with E-state index in [1.807, 2.05) is 6.92 Å². The number of rotatable bonds is 2. The van der Waals surface area contributed by atoms with Crippen molar-refractivity contribution in [2.45, 2.75) is 6.92 Å². The van der Waals surface area contributed by atoms with Crippen LogP contribution in [0.4, 0.5) is 0 Å². The average molecular weight is 209 g/mol. The molecule has 0 radical (unpaired) electrons. The van der Waals surface area contributed by atoms with E-state index < -0.39 is 0 Å². The van der Waals surface area contributed by atoms with E-state index in [0.29, 0.717) is 0 Å². The van der Waals surface area contributed by atoms with Crippen LogP contribution in [0.5, 0.6) is 5.75 Å². The lowest BCUT2D eigenvalue weighted by molar-refractivity contribution is 0.475. The summed E-state index contributed by atoms with van der Waals surface area (Å²) in [4.78, 5) is 0. The lowest BCUT2D eigenvalue weighted by Crippen LogP contribution is -2.25. The Labute approximate surface area is 87.4 Å². The molecule has 0 aromatic heterocycles. The second-order valence-corrected chi connectivity index (χ2v) is 3.16. The Morgan fingerprint density at radius 1 is 1.43 bits per heavy atom. The Bertz CT molecular complexity index is 359. The summed E-state index contributed by atoms with van der Waals surface area (Å²) in [5, 5.41) is 13.1. The summed E-state index contributed by atoms with van der Waals surface area (Å²) >= 11 is 4.60. The van der Waals surface area contributed by atoms with Gasteiger partial charge in [-0.1, -0.05) is 0 Å². The highest BCUT2D eigenvalue weighted by molar-refractivity contribution is 7.80. The third-order valence-electron chi connectivity index (χ3n) is 1.62. The molecule has 0 spiro atoms. The van der Waals surface area contributed by atoms with Crippen LogP contribution >= 0.6 is 12.2 Å². The molecular formula is C9H11N3OS. The van der Waals surface area contributed by atoms with Gasteiger partial charge in [-0.25, -0.2) is 0 Å². The van der Waals surface area contributed by atoms with Gasteiger partial charge in [0.1, 0.15) is 5.75 Å². The largest absolute Gasteiger partial charge is 0.508 e. The lowest BCUT2D eigenvalue weighted by Gasteiger charge is -2.01. The van der Waals surface area contributed by atoms with Crippen LogP contribution in [0.25, 0.3) is 0 Å². The number of aromatic hydroxyl groups is 1. The van der Waals surface area contributed by atoms with Crippen LogP contribution in [0.3, 0.4) is 0 Å². The molecule has 4 N–H and O–H groups in total. The van der Waals surface area contributed by atoms with Gasteiger partial charge in [0.15, 0.2) is 5.11 Å². The second-order valence-electron chi connectivity index (χ2n) is 2.72. The van der Waals surface area contributed by atoms with E-state index in [2.05, 4.69) is 22.7 Å². The fraction of sp³-hybridized carbons (Fsp3) is 0.111. The lowest BCUT2D eigenvalue weighted by atomic mass is 10.1.